The van der Waals surface area contributed by atoms with Gasteiger partial charge in [-0.25, -0.2) is 0 Å². The summed E-state index contributed by atoms with van der Waals surface area (Å²) in [7, 11) is 0. The van der Waals surface area contributed by atoms with Crippen LogP contribution in [0.5, 0.6) is 0 Å². The SMILES string of the molecule is C=C[C@@H](C)[C@H](O)[C@@H](O)C(C)(C)C. The summed E-state index contributed by atoms with van der Waals surface area (Å²) in [5.41, 5.74) is -0.281. The normalized spacial score (nSPS) is 19.8. The summed E-state index contributed by atoms with van der Waals surface area (Å²) in [6, 6.07) is 0. The van der Waals surface area contributed by atoms with Crippen LogP contribution in [0.1, 0.15) is 27.7 Å². The Labute approximate surface area is 74.9 Å². The first-order chi connectivity index (χ1) is 5.30. The van der Waals surface area contributed by atoms with Crippen molar-refractivity contribution in [3.05, 3.63) is 12.7 Å². The van der Waals surface area contributed by atoms with Gasteiger partial charge in [0.1, 0.15) is 0 Å². The van der Waals surface area contributed by atoms with Crippen LogP contribution >= 0.6 is 0 Å². The topological polar surface area (TPSA) is 40.5 Å². The maximum Gasteiger partial charge on any atom is 0.0863 e. The first kappa shape index (κ1) is 11.7. The smallest absolute Gasteiger partial charge is 0.0863 e. The molecule has 72 valence electrons. The van der Waals surface area contributed by atoms with E-state index < -0.39 is 12.2 Å². The average Bonchev–Trinajstić information content (AvgIpc) is 1.98. The fourth-order valence-corrected chi connectivity index (χ4v) is 0.939. The Balaban J connectivity index is 4.28. The molecule has 2 N–H and O–H groups in total. The molecule has 0 bridgehead atoms. The Morgan fingerprint density at radius 2 is 1.67 bits per heavy atom. The molecule has 0 spiro atoms. The predicted octanol–water partition coefficient (Wildman–Crippen LogP) is 1.58. The monoisotopic (exact) mass is 172 g/mol. The van der Waals surface area contributed by atoms with Gasteiger partial charge in [-0.2, -0.15) is 0 Å². The highest BCUT2D eigenvalue weighted by Crippen LogP contribution is 2.25. The van der Waals surface area contributed by atoms with E-state index in [0.29, 0.717) is 0 Å². The number of aliphatic hydroxyl groups is 2. The lowest BCUT2D eigenvalue weighted by Crippen LogP contribution is -2.40. The number of hydrogen-bond acceptors (Lipinski definition) is 2. The zero-order valence-electron chi connectivity index (χ0n) is 8.41. The molecule has 0 aromatic rings. The van der Waals surface area contributed by atoms with Crippen LogP contribution in [-0.2, 0) is 0 Å². The summed E-state index contributed by atoms with van der Waals surface area (Å²) in [4.78, 5) is 0. The predicted molar refractivity (Wildman–Crippen MR) is 50.8 cm³/mol. The molecule has 0 saturated heterocycles. The molecular formula is C10H20O2. The highest BCUT2D eigenvalue weighted by molar-refractivity contribution is 4.89. The van der Waals surface area contributed by atoms with E-state index >= 15 is 0 Å². The van der Waals surface area contributed by atoms with E-state index in [-0.39, 0.29) is 11.3 Å². The summed E-state index contributed by atoms with van der Waals surface area (Å²) in [6.07, 6.45) is 0.229. The summed E-state index contributed by atoms with van der Waals surface area (Å²) >= 11 is 0. The molecule has 12 heavy (non-hydrogen) atoms. The van der Waals surface area contributed by atoms with Crippen molar-refractivity contribution in [1.29, 1.82) is 0 Å². The van der Waals surface area contributed by atoms with Crippen LogP contribution < -0.4 is 0 Å². The van der Waals surface area contributed by atoms with Crippen LogP contribution in [0, 0.1) is 11.3 Å². The van der Waals surface area contributed by atoms with Gasteiger partial charge in [0.05, 0.1) is 12.2 Å². The van der Waals surface area contributed by atoms with Crippen molar-refractivity contribution >= 4 is 0 Å². The van der Waals surface area contributed by atoms with E-state index in [1.807, 2.05) is 27.7 Å². The molecule has 0 heterocycles. The van der Waals surface area contributed by atoms with Crippen molar-refractivity contribution in [2.24, 2.45) is 11.3 Å². The van der Waals surface area contributed by atoms with Gasteiger partial charge >= 0.3 is 0 Å². The molecular weight excluding hydrogens is 152 g/mol. The third-order valence-electron chi connectivity index (χ3n) is 2.12. The molecule has 0 radical (unpaired) electrons. The van der Waals surface area contributed by atoms with Crippen molar-refractivity contribution in [1.82, 2.24) is 0 Å². The molecule has 0 aromatic heterocycles. The zero-order valence-corrected chi connectivity index (χ0v) is 8.41. The first-order valence-corrected chi connectivity index (χ1v) is 4.29. The Morgan fingerprint density at radius 1 is 1.25 bits per heavy atom. The molecule has 2 heteroatoms. The van der Waals surface area contributed by atoms with Crippen LogP contribution in [0.2, 0.25) is 0 Å². The third-order valence-corrected chi connectivity index (χ3v) is 2.12. The minimum absolute atomic E-state index is 0.0702. The third kappa shape index (κ3) is 2.95. The summed E-state index contributed by atoms with van der Waals surface area (Å²) in [6.45, 7) is 11.1. The van der Waals surface area contributed by atoms with E-state index in [4.69, 9.17) is 0 Å². The molecule has 0 unspecified atom stereocenters. The summed E-state index contributed by atoms with van der Waals surface area (Å²) < 4.78 is 0. The van der Waals surface area contributed by atoms with Crippen LogP contribution in [0.3, 0.4) is 0 Å². The Morgan fingerprint density at radius 3 is 1.92 bits per heavy atom. The minimum atomic E-state index is -0.720. The van der Waals surface area contributed by atoms with E-state index in [1.54, 1.807) is 6.08 Å². The standard InChI is InChI=1S/C10H20O2/c1-6-7(2)8(11)9(12)10(3,4)5/h6-9,11-12H,1H2,2-5H3/t7-,8+,9-/m1/s1. The van der Waals surface area contributed by atoms with Crippen LogP contribution in [-0.4, -0.2) is 22.4 Å². The van der Waals surface area contributed by atoms with Gasteiger partial charge < -0.3 is 10.2 Å². The van der Waals surface area contributed by atoms with Crippen LogP contribution in [0.15, 0.2) is 12.7 Å². The molecule has 0 fully saturated rings. The van der Waals surface area contributed by atoms with Gasteiger partial charge in [0, 0.05) is 5.92 Å². The molecule has 3 atom stereocenters. The molecule has 0 aromatic carbocycles. The van der Waals surface area contributed by atoms with Crippen molar-refractivity contribution in [3.8, 4) is 0 Å². The second-order valence-corrected chi connectivity index (χ2v) is 4.40. The number of aliphatic hydroxyl groups excluding tert-OH is 2. The van der Waals surface area contributed by atoms with E-state index in [9.17, 15) is 10.2 Å². The fourth-order valence-electron chi connectivity index (χ4n) is 0.939. The Hall–Kier alpha value is -0.340. The number of rotatable bonds is 3. The van der Waals surface area contributed by atoms with Gasteiger partial charge in [-0.15, -0.1) is 6.58 Å². The second-order valence-electron chi connectivity index (χ2n) is 4.40. The van der Waals surface area contributed by atoms with Crippen LogP contribution in [0.4, 0.5) is 0 Å². The van der Waals surface area contributed by atoms with Gasteiger partial charge in [-0.1, -0.05) is 33.8 Å². The van der Waals surface area contributed by atoms with Gasteiger partial charge in [0.15, 0.2) is 0 Å². The van der Waals surface area contributed by atoms with Gasteiger partial charge in [-0.3, -0.25) is 0 Å². The zero-order chi connectivity index (χ0) is 9.94. The molecule has 0 aliphatic heterocycles. The highest BCUT2D eigenvalue weighted by atomic mass is 16.3. The largest absolute Gasteiger partial charge is 0.390 e. The number of hydrogen-bond donors (Lipinski definition) is 2. The molecule has 0 amide bonds. The summed E-state index contributed by atoms with van der Waals surface area (Å²) in [5.74, 6) is -0.0702. The minimum Gasteiger partial charge on any atom is -0.390 e. The first-order valence-electron chi connectivity index (χ1n) is 4.29. The average molecular weight is 172 g/mol. The highest BCUT2D eigenvalue weighted by Gasteiger charge is 2.31. The second kappa shape index (κ2) is 4.06. The van der Waals surface area contributed by atoms with Crippen LogP contribution in [0.25, 0.3) is 0 Å². The Bertz CT molecular complexity index is 146. The molecule has 2 nitrogen and oxygen atoms in total. The van der Waals surface area contributed by atoms with Crippen molar-refractivity contribution in [3.63, 3.8) is 0 Å². The maximum atomic E-state index is 9.66. The maximum absolute atomic E-state index is 9.66. The summed E-state index contributed by atoms with van der Waals surface area (Å²) in [5, 5.41) is 19.3. The Kier molecular flexibility index (Phi) is 3.94. The van der Waals surface area contributed by atoms with E-state index in [0.717, 1.165) is 0 Å². The van der Waals surface area contributed by atoms with Gasteiger partial charge in [-0.05, 0) is 5.41 Å². The molecule has 0 aliphatic carbocycles. The van der Waals surface area contributed by atoms with E-state index in [2.05, 4.69) is 6.58 Å². The van der Waals surface area contributed by atoms with Gasteiger partial charge in [0.2, 0.25) is 0 Å². The van der Waals surface area contributed by atoms with E-state index in [1.165, 1.54) is 0 Å². The quantitative estimate of drug-likeness (QED) is 0.634. The lowest BCUT2D eigenvalue weighted by Gasteiger charge is -2.32. The molecule has 0 saturated carbocycles. The van der Waals surface area contributed by atoms with Gasteiger partial charge in [0.25, 0.3) is 0 Å². The molecule has 0 rings (SSSR count). The van der Waals surface area contributed by atoms with Crippen molar-refractivity contribution < 1.29 is 10.2 Å². The lowest BCUT2D eigenvalue weighted by atomic mass is 9.82. The van der Waals surface area contributed by atoms with Crippen molar-refractivity contribution in [2.75, 3.05) is 0 Å². The molecule has 0 aliphatic rings. The lowest BCUT2D eigenvalue weighted by molar-refractivity contribution is -0.0590. The van der Waals surface area contributed by atoms with Crippen molar-refractivity contribution in [2.45, 2.75) is 39.9 Å². The fraction of sp³-hybridized carbons (Fsp3) is 0.800.